The smallest absolute Gasteiger partial charge is 0.0818 e. The van der Waals surface area contributed by atoms with Gasteiger partial charge in [-0.1, -0.05) is 13.8 Å². The van der Waals surface area contributed by atoms with E-state index in [0.29, 0.717) is 0 Å². The third-order valence-electron chi connectivity index (χ3n) is 2.94. The van der Waals surface area contributed by atoms with Gasteiger partial charge in [0.15, 0.2) is 0 Å². The Labute approximate surface area is 75.9 Å². The van der Waals surface area contributed by atoms with Crippen molar-refractivity contribution >= 4 is 0 Å². The van der Waals surface area contributed by atoms with E-state index >= 15 is 0 Å². The topological polar surface area (TPSA) is 12.5 Å². The summed E-state index contributed by atoms with van der Waals surface area (Å²) in [5.74, 6) is 0. The van der Waals surface area contributed by atoms with Crippen LogP contribution in [0.3, 0.4) is 0 Å². The molecule has 1 aliphatic rings. The SMILES string of the molecule is CCOC1(CC)CCN(CC)C1. The molecule has 0 bridgehead atoms. The molecule has 1 heterocycles. The molecule has 0 aromatic carbocycles. The summed E-state index contributed by atoms with van der Waals surface area (Å²) in [5.41, 5.74) is 0.185. The van der Waals surface area contributed by atoms with E-state index in [-0.39, 0.29) is 5.60 Å². The highest BCUT2D eigenvalue weighted by atomic mass is 16.5. The van der Waals surface area contributed by atoms with Gasteiger partial charge in [0.05, 0.1) is 5.60 Å². The van der Waals surface area contributed by atoms with Crippen molar-refractivity contribution in [1.29, 1.82) is 0 Å². The maximum absolute atomic E-state index is 5.83. The van der Waals surface area contributed by atoms with Crippen molar-refractivity contribution < 1.29 is 4.74 Å². The maximum atomic E-state index is 5.83. The third kappa shape index (κ3) is 1.99. The molecule has 1 atom stereocenters. The number of likely N-dealkylation sites (tertiary alicyclic amines) is 1. The molecule has 0 saturated carbocycles. The number of ether oxygens (including phenoxy) is 1. The predicted octanol–water partition coefficient (Wildman–Crippen LogP) is 1.90. The summed E-state index contributed by atoms with van der Waals surface area (Å²) in [6, 6.07) is 0. The average molecular weight is 171 g/mol. The van der Waals surface area contributed by atoms with E-state index in [0.717, 1.165) is 26.1 Å². The summed E-state index contributed by atoms with van der Waals surface area (Å²) in [6.45, 7) is 10.9. The molecule has 1 rings (SSSR count). The van der Waals surface area contributed by atoms with Crippen LogP contribution in [-0.2, 0) is 4.74 Å². The normalized spacial score (nSPS) is 31.2. The molecule has 1 saturated heterocycles. The monoisotopic (exact) mass is 171 g/mol. The largest absolute Gasteiger partial charge is 0.374 e. The van der Waals surface area contributed by atoms with Crippen LogP contribution >= 0.6 is 0 Å². The summed E-state index contributed by atoms with van der Waals surface area (Å²) in [7, 11) is 0. The lowest BCUT2D eigenvalue weighted by atomic mass is 10.00. The van der Waals surface area contributed by atoms with Crippen molar-refractivity contribution in [2.24, 2.45) is 0 Å². The van der Waals surface area contributed by atoms with E-state index in [9.17, 15) is 0 Å². The van der Waals surface area contributed by atoms with E-state index in [2.05, 4.69) is 25.7 Å². The van der Waals surface area contributed by atoms with Gasteiger partial charge < -0.3 is 9.64 Å². The molecular weight excluding hydrogens is 150 g/mol. The van der Waals surface area contributed by atoms with Gasteiger partial charge in [0.2, 0.25) is 0 Å². The molecule has 1 fully saturated rings. The fourth-order valence-electron chi connectivity index (χ4n) is 2.01. The van der Waals surface area contributed by atoms with Crippen molar-refractivity contribution in [3.63, 3.8) is 0 Å². The Balaban J connectivity index is 2.47. The number of likely N-dealkylation sites (N-methyl/N-ethyl adjacent to an activating group) is 1. The Morgan fingerprint density at radius 2 is 2.08 bits per heavy atom. The Kier molecular flexibility index (Phi) is 3.53. The van der Waals surface area contributed by atoms with Gasteiger partial charge in [0.25, 0.3) is 0 Å². The van der Waals surface area contributed by atoms with Crippen molar-refractivity contribution in [1.82, 2.24) is 4.90 Å². The van der Waals surface area contributed by atoms with Gasteiger partial charge in [-0.25, -0.2) is 0 Å². The lowest BCUT2D eigenvalue weighted by Crippen LogP contribution is -2.35. The van der Waals surface area contributed by atoms with Crippen LogP contribution in [0.4, 0.5) is 0 Å². The second-order valence-electron chi connectivity index (χ2n) is 3.59. The first kappa shape index (κ1) is 10.0. The molecule has 1 unspecified atom stereocenters. The number of nitrogens with zero attached hydrogens (tertiary/aromatic N) is 1. The molecule has 2 heteroatoms. The molecule has 12 heavy (non-hydrogen) atoms. The fourth-order valence-corrected chi connectivity index (χ4v) is 2.01. The molecule has 0 aromatic rings. The summed E-state index contributed by atoms with van der Waals surface area (Å²) in [4.78, 5) is 2.47. The Bertz CT molecular complexity index is 138. The first-order valence-electron chi connectivity index (χ1n) is 5.12. The average Bonchev–Trinajstić information content (AvgIpc) is 2.50. The zero-order valence-electron chi connectivity index (χ0n) is 8.60. The van der Waals surface area contributed by atoms with E-state index in [1.54, 1.807) is 0 Å². The zero-order valence-corrected chi connectivity index (χ0v) is 8.60. The van der Waals surface area contributed by atoms with Gasteiger partial charge in [-0.15, -0.1) is 0 Å². The minimum atomic E-state index is 0.185. The van der Waals surface area contributed by atoms with Gasteiger partial charge >= 0.3 is 0 Å². The predicted molar refractivity (Wildman–Crippen MR) is 51.4 cm³/mol. The van der Waals surface area contributed by atoms with E-state index < -0.39 is 0 Å². The minimum Gasteiger partial charge on any atom is -0.374 e. The molecule has 1 aliphatic heterocycles. The van der Waals surface area contributed by atoms with Crippen LogP contribution in [0, 0.1) is 0 Å². The van der Waals surface area contributed by atoms with Crippen LogP contribution < -0.4 is 0 Å². The third-order valence-corrected chi connectivity index (χ3v) is 2.94. The highest BCUT2D eigenvalue weighted by molar-refractivity contribution is 4.90. The Hall–Kier alpha value is -0.0800. The molecule has 0 N–H and O–H groups in total. The highest BCUT2D eigenvalue weighted by Crippen LogP contribution is 2.28. The lowest BCUT2D eigenvalue weighted by Gasteiger charge is -2.27. The van der Waals surface area contributed by atoms with E-state index in [1.165, 1.54) is 13.0 Å². The van der Waals surface area contributed by atoms with E-state index in [1.807, 2.05) is 0 Å². The standard InChI is InChI=1S/C10H21NO/c1-4-10(12-6-3)7-8-11(5-2)9-10/h4-9H2,1-3H3. The Morgan fingerprint density at radius 3 is 2.50 bits per heavy atom. The molecule has 0 amide bonds. The number of hydrogen-bond acceptors (Lipinski definition) is 2. The second kappa shape index (κ2) is 4.24. The van der Waals surface area contributed by atoms with Gasteiger partial charge in [0.1, 0.15) is 0 Å². The molecule has 0 radical (unpaired) electrons. The van der Waals surface area contributed by atoms with Crippen LogP contribution in [0.15, 0.2) is 0 Å². The van der Waals surface area contributed by atoms with Crippen LogP contribution in [0.5, 0.6) is 0 Å². The van der Waals surface area contributed by atoms with Crippen LogP contribution in [0.1, 0.15) is 33.6 Å². The molecular formula is C10H21NO. The highest BCUT2D eigenvalue weighted by Gasteiger charge is 2.36. The maximum Gasteiger partial charge on any atom is 0.0818 e. The van der Waals surface area contributed by atoms with Gasteiger partial charge in [-0.2, -0.15) is 0 Å². The summed E-state index contributed by atoms with van der Waals surface area (Å²) in [6.07, 6.45) is 2.36. The van der Waals surface area contributed by atoms with E-state index in [4.69, 9.17) is 4.74 Å². The molecule has 0 aromatic heterocycles. The zero-order chi connectivity index (χ0) is 9.03. The summed E-state index contributed by atoms with van der Waals surface area (Å²) < 4.78 is 5.83. The van der Waals surface area contributed by atoms with Crippen molar-refractivity contribution in [2.75, 3.05) is 26.2 Å². The molecule has 2 nitrogen and oxygen atoms in total. The van der Waals surface area contributed by atoms with Gasteiger partial charge in [0, 0.05) is 19.7 Å². The summed E-state index contributed by atoms with van der Waals surface area (Å²) in [5, 5.41) is 0. The fraction of sp³-hybridized carbons (Fsp3) is 1.00. The van der Waals surface area contributed by atoms with Crippen molar-refractivity contribution in [3.8, 4) is 0 Å². The van der Waals surface area contributed by atoms with Crippen LogP contribution in [0.25, 0.3) is 0 Å². The lowest BCUT2D eigenvalue weighted by molar-refractivity contribution is -0.0332. The van der Waals surface area contributed by atoms with Crippen LogP contribution in [-0.4, -0.2) is 36.7 Å². The van der Waals surface area contributed by atoms with Gasteiger partial charge in [-0.05, 0) is 26.3 Å². The first-order chi connectivity index (χ1) is 5.76. The molecule has 0 spiro atoms. The first-order valence-corrected chi connectivity index (χ1v) is 5.12. The number of hydrogen-bond donors (Lipinski definition) is 0. The molecule has 72 valence electrons. The minimum absolute atomic E-state index is 0.185. The number of rotatable bonds is 4. The van der Waals surface area contributed by atoms with Gasteiger partial charge in [-0.3, -0.25) is 0 Å². The van der Waals surface area contributed by atoms with Crippen molar-refractivity contribution in [2.45, 2.75) is 39.2 Å². The molecule has 0 aliphatic carbocycles. The Morgan fingerprint density at radius 1 is 1.33 bits per heavy atom. The van der Waals surface area contributed by atoms with Crippen LogP contribution in [0.2, 0.25) is 0 Å². The quantitative estimate of drug-likeness (QED) is 0.640. The summed E-state index contributed by atoms with van der Waals surface area (Å²) >= 11 is 0. The second-order valence-corrected chi connectivity index (χ2v) is 3.59. The van der Waals surface area contributed by atoms with Crippen molar-refractivity contribution in [3.05, 3.63) is 0 Å².